The summed E-state index contributed by atoms with van der Waals surface area (Å²) in [7, 11) is 0. The van der Waals surface area contributed by atoms with E-state index >= 15 is 0 Å². The van der Waals surface area contributed by atoms with E-state index < -0.39 is 0 Å². The van der Waals surface area contributed by atoms with Crippen LogP contribution in [0.4, 0.5) is 11.4 Å². The second-order valence-electron chi connectivity index (χ2n) is 6.22. The number of carbonyl (C=O) groups excluding carboxylic acids is 1. The Morgan fingerprint density at radius 2 is 1.83 bits per heavy atom. The van der Waals surface area contributed by atoms with E-state index in [-0.39, 0.29) is 11.4 Å². The summed E-state index contributed by atoms with van der Waals surface area (Å²) in [5.41, 5.74) is 1.86. The Morgan fingerprint density at radius 3 is 2.43 bits per heavy atom. The number of carbonyl (C=O) groups is 1. The third-order valence-corrected chi connectivity index (χ3v) is 2.94. The van der Waals surface area contributed by atoms with Crippen LogP contribution in [-0.2, 0) is 0 Å². The van der Waals surface area contributed by atoms with Gasteiger partial charge in [0, 0.05) is 23.1 Å². The number of nitrogens with one attached hydrogen (secondary N) is 2. The van der Waals surface area contributed by atoms with Crippen molar-refractivity contribution in [1.82, 2.24) is 4.98 Å². The molecule has 0 fully saturated rings. The first-order valence-electron chi connectivity index (χ1n) is 7.66. The van der Waals surface area contributed by atoms with Crippen LogP contribution in [0, 0.1) is 0 Å². The van der Waals surface area contributed by atoms with Crippen molar-refractivity contribution in [2.75, 3.05) is 17.2 Å². The molecule has 5 nitrogen and oxygen atoms in total. The van der Waals surface area contributed by atoms with Crippen molar-refractivity contribution in [3.8, 4) is 5.75 Å². The van der Waals surface area contributed by atoms with Gasteiger partial charge in [-0.15, -0.1) is 0 Å². The van der Waals surface area contributed by atoms with E-state index in [0.29, 0.717) is 18.0 Å². The van der Waals surface area contributed by atoms with E-state index in [0.717, 1.165) is 11.4 Å². The topological polar surface area (TPSA) is 63.2 Å². The van der Waals surface area contributed by atoms with Gasteiger partial charge in [-0.1, -0.05) is 0 Å². The van der Waals surface area contributed by atoms with Gasteiger partial charge in [-0.2, -0.15) is 0 Å². The number of ether oxygens (including phenoxy) is 1. The van der Waals surface area contributed by atoms with Gasteiger partial charge >= 0.3 is 0 Å². The Kier molecular flexibility index (Phi) is 5.21. The Bertz CT molecular complexity index is 661. The minimum Gasteiger partial charge on any atom is -0.494 e. The van der Waals surface area contributed by atoms with Crippen LogP contribution in [-0.4, -0.2) is 23.0 Å². The average Bonchev–Trinajstić information content (AvgIpc) is 2.48. The first-order chi connectivity index (χ1) is 10.9. The van der Waals surface area contributed by atoms with Crippen molar-refractivity contribution >= 4 is 17.3 Å². The highest BCUT2D eigenvalue weighted by molar-refractivity contribution is 6.03. The molecule has 0 bridgehead atoms. The fourth-order valence-electron chi connectivity index (χ4n) is 2.06. The third-order valence-electron chi connectivity index (χ3n) is 2.94. The number of rotatable bonds is 5. The van der Waals surface area contributed by atoms with Crippen molar-refractivity contribution in [3.63, 3.8) is 0 Å². The van der Waals surface area contributed by atoms with Gasteiger partial charge in [0.2, 0.25) is 0 Å². The maximum Gasteiger partial charge on any atom is 0.274 e. The lowest BCUT2D eigenvalue weighted by Gasteiger charge is -2.22. The molecule has 1 aromatic heterocycles. The zero-order valence-corrected chi connectivity index (χ0v) is 14.0. The largest absolute Gasteiger partial charge is 0.494 e. The van der Waals surface area contributed by atoms with Gasteiger partial charge in [0.15, 0.2) is 0 Å². The lowest BCUT2D eigenvalue weighted by atomic mass is 10.1. The molecule has 23 heavy (non-hydrogen) atoms. The number of benzene rings is 1. The smallest absolute Gasteiger partial charge is 0.274 e. The molecule has 1 heterocycles. The SMILES string of the molecule is CCOc1ccc(NC(=O)c2cc(NC(C)(C)C)ccn2)cc1. The number of pyridine rings is 1. The summed E-state index contributed by atoms with van der Waals surface area (Å²) in [5, 5.41) is 6.16. The summed E-state index contributed by atoms with van der Waals surface area (Å²) in [6.45, 7) is 8.73. The molecule has 2 aromatic rings. The number of hydrogen-bond donors (Lipinski definition) is 2. The molecule has 0 radical (unpaired) electrons. The zero-order chi connectivity index (χ0) is 16.9. The van der Waals surface area contributed by atoms with Gasteiger partial charge in [-0.3, -0.25) is 9.78 Å². The number of hydrogen-bond acceptors (Lipinski definition) is 4. The van der Waals surface area contributed by atoms with Crippen LogP contribution in [0.3, 0.4) is 0 Å². The summed E-state index contributed by atoms with van der Waals surface area (Å²) >= 11 is 0. The van der Waals surface area contributed by atoms with Crippen LogP contribution in [0.2, 0.25) is 0 Å². The van der Waals surface area contributed by atoms with Gasteiger partial charge in [-0.25, -0.2) is 0 Å². The fraction of sp³-hybridized carbons (Fsp3) is 0.333. The lowest BCUT2D eigenvalue weighted by molar-refractivity contribution is 0.102. The second kappa shape index (κ2) is 7.13. The van der Waals surface area contributed by atoms with Crippen LogP contribution < -0.4 is 15.4 Å². The first kappa shape index (κ1) is 16.8. The molecule has 0 aliphatic heterocycles. The fourth-order valence-corrected chi connectivity index (χ4v) is 2.06. The minimum atomic E-state index is -0.244. The van der Waals surface area contributed by atoms with Gasteiger partial charge in [-0.05, 0) is 64.1 Å². The molecule has 122 valence electrons. The van der Waals surface area contributed by atoms with Crippen molar-refractivity contribution in [1.29, 1.82) is 0 Å². The monoisotopic (exact) mass is 313 g/mol. The Balaban J connectivity index is 2.07. The average molecular weight is 313 g/mol. The lowest BCUT2D eigenvalue weighted by Crippen LogP contribution is -2.26. The number of nitrogens with zero attached hydrogens (tertiary/aromatic N) is 1. The quantitative estimate of drug-likeness (QED) is 0.877. The predicted octanol–water partition coefficient (Wildman–Crippen LogP) is 3.94. The molecular weight excluding hydrogens is 290 g/mol. The van der Waals surface area contributed by atoms with Crippen molar-refractivity contribution in [2.45, 2.75) is 33.2 Å². The van der Waals surface area contributed by atoms with Crippen LogP contribution in [0.5, 0.6) is 5.75 Å². The van der Waals surface area contributed by atoms with Gasteiger partial charge < -0.3 is 15.4 Å². The molecule has 1 amide bonds. The first-order valence-corrected chi connectivity index (χ1v) is 7.66. The highest BCUT2D eigenvalue weighted by Crippen LogP contribution is 2.18. The molecule has 1 aromatic carbocycles. The van der Waals surface area contributed by atoms with Crippen LogP contribution in [0.1, 0.15) is 38.2 Å². The predicted molar refractivity (Wildman–Crippen MR) is 93.2 cm³/mol. The van der Waals surface area contributed by atoms with E-state index in [1.54, 1.807) is 24.4 Å². The number of aromatic nitrogens is 1. The molecule has 0 atom stereocenters. The maximum atomic E-state index is 12.3. The van der Waals surface area contributed by atoms with Crippen molar-refractivity contribution in [3.05, 3.63) is 48.3 Å². The van der Waals surface area contributed by atoms with Gasteiger partial charge in [0.05, 0.1) is 6.61 Å². The Hall–Kier alpha value is -2.56. The van der Waals surface area contributed by atoms with Crippen molar-refractivity contribution in [2.24, 2.45) is 0 Å². The molecule has 0 saturated carbocycles. The molecule has 2 N–H and O–H groups in total. The number of anilines is 2. The second-order valence-corrected chi connectivity index (χ2v) is 6.22. The molecule has 0 spiro atoms. The molecule has 0 aliphatic rings. The maximum absolute atomic E-state index is 12.3. The highest BCUT2D eigenvalue weighted by Gasteiger charge is 2.12. The summed E-state index contributed by atoms with van der Waals surface area (Å²) in [6.07, 6.45) is 1.63. The Labute approximate surface area is 137 Å². The van der Waals surface area contributed by atoms with Crippen LogP contribution >= 0.6 is 0 Å². The summed E-state index contributed by atoms with van der Waals surface area (Å²) in [4.78, 5) is 16.4. The van der Waals surface area contributed by atoms with E-state index in [2.05, 4.69) is 36.4 Å². The summed E-state index contributed by atoms with van der Waals surface area (Å²) in [6, 6.07) is 10.8. The molecule has 0 saturated heterocycles. The Morgan fingerprint density at radius 1 is 1.13 bits per heavy atom. The van der Waals surface area contributed by atoms with Crippen LogP contribution in [0.15, 0.2) is 42.6 Å². The molecule has 0 unspecified atom stereocenters. The standard InChI is InChI=1S/C18H23N3O2/c1-5-23-15-8-6-13(7-9-15)20-17(22)16-12-14(10-11-19-16)21-18(2,3)4/h6-12H,5H2,1-4H3,(H,19,21)(H,20,22). The zero-order valence-electron chi connectivity index (χ0n) is 14.0. The summed E-state index contributed by atoms with van der Waals surface area (Å²) < 4.78 is 5.38. The van der Waals surface area contributed by atoms with Gasteiger partial charge in [0.25, 0.3) is 5.91 Å². The summed E-state index contributed by atoms with van der Waals surface area (Å²) in [5.74, 6) is 0.534. The molecular formula is C18H23N3O2. The highest BCUT2D eigenvalue weighted by atomic mass is 16.5. The minimum absolute atomic E-state index is 0.0792. The number of amides is 1. The van der Waals surface area contributed by atoms with E-state index in [9.17, 15) is 4.79 Å². The van der Waals surface area contributed by atoms with E-state index in [1.807, 2.05) is 25.1 Å². The third kappa shape index (κ3) is 5.29. The molecule has 2 rings (SSSR count). The van der Waals surface area contributed by atoms with Gasteiger partial charge in [0.1, 0.15) is 11.4 Å². The van der Waals surface area contributed by atoms with E-state index in [1.165, 1.54) is 0 Å². The van der Waals surface area contributed by atoms with Crippen LogP contribution in [0.25, 0.3) is 0 Å². The van der Waals surface area contributed by atoms with Crippen molar-refractivity contribution < 1.29 is 9.53 Å². The van der Waals surface area contributed by atoms with E-state index in [4.69, 9.17) is 4.74 Å². The normalized spacial score (nSPS) is 11.0. The molecule has 0 aliphatic carbocycles. The molecule has 5 heteroatoms.